The highest BCUT2D eigenvalue weighted by Crippen LogP contribution is 2.28. The number of aromatic amines is 1. The van der Waals surface area contributed by atoms with Crippen LogP contribution in [0.3, 0.4) is 0 Å². The Balaban J connectivity index is 1.84. The van der Waals surface area contributed by atoms with E-state index in [1.807, 2.05) is 47.8 Å². The van der Waals surface area contributed by atoms with Gasteiger partial charge in [-0.3, -0.25) is 14.6 Å². The second-order valence-electron chi connectivity index (χ2n) is 6.23. The molecule has 4 rings (SSSR count). The Labute approximate surface area is 175 Å². The SMILES string of the molecule is CC(Cl)C(=O)Nc1cc(-c2cccs2)nn1-c1nc(-c2ccccc2)cc(=O)[nH]1. The Morgan fingerprint density at radius 2 is 1.97 bits per heavy atom. The fraction of sp³-hybridized carbons (Fsp3) is 0.100. The molecule has 3 aromatic heterocycles. The van der Waals surface area contributed by atoms with Crippen molar-refractivity contribution in [2.75, 3.05) is 5.32 Å². The monoisotopic (exact) mass is 425 g/mol. The summed E-state index contributed by atoms with van der Waals surface area (Å²) < 4.78 is 1.40. The number of amides is 1. The van der Waals surface area contributed by atoms with Gasteiger partial charge >= 0.3 is 0 Å². The summed E-state index contributed by atoms with van der Waals surface area (Å²) in [5.74, 6) is 0.169. The van der Waals surface area contributed by atoms with Crippen molar-refractivity contribution in [1.29, 1.82) is 0 Å². The van der Waals surface area contributed by atoms with Gasteiger partial charge in [0, 0.05) is 17.7 Å². The Hall–Kier alpha value is -3.23. The average molecular weight is 426 g/mol. The van der Waals surface area contributed by atoms with Gasteiger partial charge in [0.2, 0.25) is 11.9 Å². The predicted octanol–water partition coefficient (Wildman–Crippen LogP) is 3.92. The number of carbonyl (C=O) groups is 1. The highest BCUT2D eigenvalue weighted by Gasteiger charge is 2.18. The van der Waals surface area contributed by atoms with E-state index in [9.17, 15) is 9.59 Å². The molecule has 0 aliphatic heterocycles. The van der Waals surface area contributed by atoms with Crippen LogP contribution in [0.1, 0.15) is 6.92 Å². The van der Waals surface area contributed by atoms with Gasteiger partial charge in [0.15, 0.2) is 0 Å². The minimum Gasteiger partial charge on any atom is -0.309 e. The zero-order valence-corrected chi connectivity index (χ0v) is 16.9. The smallest absolute Gasteiger partial charge is 0.252 e. The lowest BCUT2D eigenvalue weighted by Gasteiger charge is -2.10. The van der Waals surface area contributed by atoms with Gasteiger partial charge < -0.3 is 5.32 Å². The molecule has 146 valence electrons. The molecule has 1 atom stereocenters. The third-order valence-corrected chi connectivity index (χ3v) is 5.19. The fourth-order valence-corrected chi connectivity index (χ4v) is 3.44. The maximum absolute atomic E-state index is 12.3. The molecule has 0 aliphatic rings. The summed E-state index contributed by atoms with van der Waals surface area (Å²) in [6, 6.07) is 16.3. The van der Waals surface area contributed by atoms with E-state index in [0.29, 0.717) is 17.2 Å². The minimum absolute atomic E-state index is 0.191. The first kappa shape index (κ1) is 19.1. The van der Waals surface area contributed by atoms with E-state index < -0.39 is 5.38 Å². The molecule has 7 nitrogen and oxygen atoms in total. The van der Waals surface area contributed by atoms with Crippen LogP contribution in [0.15, 0.2) is 64.8 Å². The summed E-state index contributed by atoms with van der Waals surface area (Å²) in [6.07, 6.45) is 0. The van der Waals surface area contributed by atoms with Gasteiger partial charge in [-0.2, -0.15) is 9.78 Å². The van der Waals surface area contributed by atoms with Crippen LogP contribution in [0, 0.1) is 0 Å². The molecule has 0 radical (unpaired) electrons. The molecule has 1 aromatic carbocycles. The topological polar surface area (TPSA) is 92.7 Å². The number of carbonyl (C=O) groups excluding carboxylic acids is 1. The molecule has 0 saturated carbocycles. The summed E-state index contributed by atoms with van der Waals surface area (Å²) in [4.78, 5) is 32.6. The van der Waals surface area contributed by atoms with Crippen LogP contribution in [-0.4, -0.2) is 31.0 Å². The molecule has 0 fully saturated rings. The summed E-state index contributed by atoms with van der Waals surface area (Å²) >= 11 is 7.41. The van der Waals surface area contributed by atoms with Gasteiger partial charge in [-0.05, 0) is 18.4 Å². The molecule has 29 heavy (non-hydrogen) atoms. The molecule has 0 aliphatic carbocycles. The largest absolute Gasteiger partial charge is 0.309 e. The highest BCUT2D eigenvalue weighted by molar-refractivity contribution is 7.13. The van der Waals surface area contributed by atoms with Crippen molar-refractivity contribution in [3.8, 4) is 27.8 Å². The highest BCUT2D eigenvalue weighted by atomic mass is 35.5. The van der Waals surface area contributed by atoms with E-state index >= 15 is 0 Å². The van der Waals surface area contributed by atoms with Crippen molar-refractivity contribution >= 4 is 34.7 Å². The molecule has 1 unspecified atom stereocenters. The lowest BCUT2D eigenvalue weighted by molar-refractivity contribution is -0.115. The van der Waals surface area contributed by atoms with E-state index in [1.165, 1.54) is 22.1 Å². The third-order valence-electron chi connectivity index (χ3n) is 4.09. The van der Waals surface area contributed by atoms with Crippen molar-refractivity contribution in [3.05, 3.63) is 70.3 Å². The Kier molecular flexibility index (Phi) is 5.28. The molecule has 0 saturated heterocycles. The number of anilines is 1. The van der Waals surface area contributed by atoms with Crippen molar-refractivity contribution < 1.29 is 4.79 Å². The number of nitrogens with zero attached hydrogens (tertiary/aromatic N) is 3. The quantitative estimate of drug-likeness (QED) is 0.474. The first-order valence-electron chi connectivity index (χ1n) is 8.77. The maximum Gasteiger partial charge on any atom is 0.252 e. The zero-order valence-electron chi connectivity index (χ0n) is 15.3. The van der Waals surface area contributed by atoms with E-state index in [2.05, 4.69) is 20.4 Å². The van der Waals surface area contributed by atoms with E-state index in [1.54, 1.807) is 13.0 Å². The number of aromatic nitrogens is 4. The van der Waals surface area contributed by atoms with Crippen molar-refractivity contribution in [2.45, 2.75) is 12.3 Å². The Bertz CT molecular complexity index is 1200. The van der Waals surface area contributed by atoms with Gasteiger partial charge in [-0.15, -0.1) is 22.9 Å². The van der Waals surface area contributed by atoms with Gasteiger partial charge in [0.05, 0.1) is 10.6 Å². The number of hydrogen-bond donors (Lipinski definition) is 2. The van der Waals surface area contributed by atoms with E-state index in [4.69, 9.17) is 11.6 Å². The second-order valence-corrected chi connectivity index (χ2v) is 7.83. The van der Waals surface area contributed by atoms with E-state index in [0.717, 1.165) is 10.4 Å². The van der Waals surface area contributed by atoms with Gasteiger partial charge in [-0.1, -0.05) is 36.4 Å². The van der Waals surface area contributed by atoms with Crippen LogP contribution in [0.5, 0.6) is 0 Å². The Morgan fingerprint density at radius 3 is 2.66 bits per heavy atom. The van der Waals surface area contributed by atoms with Crippen molar-refractivity contribution in [2.24, 2.45) is 0 Å². The molecular formula is C20H16ClN5O2S. The standard InChI is InChI=1S/C20H16ClN5O2S/c1-12(21)19(28)23-17-10-15(16-8-5-9-29-16)25-26(17)20-22-14(11-18(27)24-20)13-6-3-2-4-7-13/h2-12H,1H3,(H,23,28)(H,22,24,27). The summed E-state index contributed by atoms with van der Waals surface area (Å²) in [5, 5.41) is 8.49. The first-order chi connectivity index (χ1) is 14.0. The molecule has 9 heteroatoms. The number of nitrogens with one attached hydrogen (secondary N) is 2. The van der Waals surface area contributed by atoms with Crippen LogP contribution in [-0.2, 0) is 4.79 Å². The third kappa shape index (κ3) is 4.13. The Morgan fingerprint density at radius 1 is 1.17 bits per heavy atom. The molecule has 0 spiro atoms. The molecule has 2 N–H and O–H groups in total. The molecule has 3 heterocycles. The number of thiophene rings is 1. The predicted molar refractivity (Wildman–Crippen MR) is 115 cm³/mol. The van der Waals surface area contributed by atoms with Crippen LogP contribution in [0.25, 0.3) is 27.8 Å². The van der Waals surface area contributed by atoms with Crippen molar-refractivity contribution in [3.63, 3.8) is 0 Å². The average Bonchev–Trinajstić information content (AvgIpc) is 3.38. The van der Waals surface area contributed by atoms with E-state index in [-0.39, 0.29) is 17.4 Å². The summed E-state index contributed by atoms with van der Waals surface area (Å²) in [5.41, 5.74) is 1.61. The number of alkyl halides is 1. The second kappa shape index (κ2) is 8.02. The van der Waals surface area contributed by atoms with Crippen LogP contribution >= 0.6 is 22.9 Å². The van der Waals surface area contributed by atoms with Crippen LogP contribution in [0.2, 0.25) is 0 Å². The number of H-pyrrole nitrogens is 1. The normalized spacial score (nSPS) is 11.9. The van der Waals surface area contributed by atoms with Crippen molar-refractivity contribution in [1.82, 2.24) is 19.7 Å². The molecular weight excluding hydrogens is 410 g/mol. The zero-order chi connectivity index (χ0) is 20.4. The number of hydrogen-bond acceptors (Lipinski definition) is 5. The molecule has 4 aromatic rings. The van der Waals surface area contributed by atoms with Gasteiger partial charge in [-0.25, -0.2) is 4.98 Å². The summed E-state index contributed by atoms with van der Waals surface area (Å²) in [6.45, 7) is 1.58. The lowest BCUT2D eigenvalue weighted by atomic mass is 10.1. The number of rotatable bonds is 5. The number of benzene rings is 1. The number of halogens is 1. The fourth-order valence-electron chi connectivity index (χ4n) is 2.70. The van der Waals surface area contributed by atoms with Gasteiger partial charge in [0.1, 0.15) is 16.9 Å². The van der Waals surface area contributed by atoms with Crippen LogP contribution in [0.4, 0.5) is 5.82 Å². The molecule has 1 amide bonds. The van der Waals surface area contributed by atoms with Crippen LogP contribution < -0.4 is 10.9 Å². The first-order valence-corrected chi connectivity index (χ1v) is 10.1. The molecule has 0 bridgehead atoms. The lowest BCUT2D eigenvalue weighted by Crippen LogP contribution is -2.23. The van der Waals surface area contributed by atoms with Gasteiger partial charge in [0.25, 0.3) is 5.56 Å². The minimum atomic E-state index is -0.730. The maximum atomic E-state index is 12.3. The summed E-state index contributed by atoms with van der Waals surface area (Å²) in [7, 11) is 0.